The van der Waals surface area contributed by atoms with Crippen molar-refractivity contribution in [1.29, 1.82) is 0 Å². The van der Waals surface area contributed by atoms with Crippen molar-refractivity contribution in [3.8, 4) is 0 Å². The van der Waals surface area contributed by atoms with Gasteiger partial charge in [0.05, 0.1) is 18.7 Å². The van der Waals surface area contributed by atoms with Crippen LogP contribution in [0.4, 0.5) is 0 Å². The van der Waals surface area contributed by atoms with E-state index in [2.05, 4.69) is 15.3 Å². The van der Waals surface area contributed by atoms with Crippen LogP contribution in [-0.2, 0) is 11.2 Å². The highest BCUT2D eigenvalue weighted by Crippen LogP contribution is 2.56. The summed E-state index contributed by atoms with van der Waals surface area (Å²) in [6, 6.07) is 4.06. The maximum Gasteiger partial charge on any atom is 0.276 e. The van der Waals surface area contributed by atoms with Gasteiger partial charge >= 0.3 is 0 Å². The molecule has 30 heavy (non-hydrogen) atoms. The lowest BCUT2D eigenvalue weighted by atomic mass is 9.59. The summed E-state index contributed by atoms with van der Waals surface area (Å²) in [6.07, 6.45) is 9.83. The van der Waals surface area contributed by atoms with Gasteiger partial charge in [0.2, 0.25) is 5.91 Å². The monoisotopic (exact) mass is 410 g/mol. The van der Waals surface area contributed by atoms with Crippen molar-refractivity contribution < 1.29 is 9.59 Å². The Bertz CT molecular complexity index is 884. The first-order valence-electron chi connectivity index (χ1n) is 10.9. The molecule has 1 atom stereocenters. The SMILES string of the molecule is CCN(CC)C(=O)c1cn(C2CCC23CCN(C(=O)Cc2ccncc2)CC3)nn1. The van der Waals surface area contributed by atoms with Crippen molar-refractivity contribution in [2.24, 2.45) is 5.41 Å². The minimum atomic E-state index is -0.0591. The molecule has 1 aliphatic heterocycles. The van der Waals surface area contributed by atoms with Crippen LogP contribution in [0.2, 0.25) is 0 Å². The maximum atomic E-state index is 12.7. The van der Waals surface area contributed by atoms with Crippen LogP contribution in [0.3, 0.4) is 0 Å². The molecule has 8 heteroatoms. The van der Waals surface area contributed by atoms with Crippen LogP contribution in [-0.4, -0.2) is 67.8 Å². The van der Waals surface area contributed by atoms with Crippen molar-refractivity contribution in [3.63, 3.8) is 0 Å². The molecule has 2 amide bonds. The highest BCUT2D eigenvalue weighted by Gasteiger charge is 2.50. The van der Waals surface area contributed by atoms with E-state index in [0.29, 0.717) is 25.2 Å². The number of rotatable bonds is 6. The number of carbonyl (C=O) groups excluding carboxylic acids is 2. The molecule has 2 aromatic heterocycles. The van der Waals surface area contributed by atoms with Crippen LogP contribution in [0.1, 0.15) is 61.6 Å². The fraction of sp³-hybridized carbons (Fsp3) is 0.591. The van der Waals surface area contributed by atoms with E-state index in [1.807, 2.05) is 41.8 Å². The zero-order chi connectivity index (χ0) is 21.1. The van der Waals surface area contributed by atoms with Crippen LogP contribution < -0.4 is 0 Å². The summed E-state index contributed by atoms with van der Waals surface area (Å²) in [6.45, 7) is 6.82. The van der Waals surface area contributed by atoms with E-state index in [9.17, 15) is 9.59 Å². The number of pyridine rings is 1. The van der Waals surface area contributed by atoms with Gasteiger partial charge in [-0.15, -0.1) is 5.10 Å². The summed E-state index contributed by atoms with van der Waals surface area (Å²) in [5.41, 5.74) is 1.59. The Hall–Kier alpha value is -2.77. The second kappa shape index (κ2) is 8.53. The molecule has 2 aliphatic rings. The predicted molar refractivity (Wildman–Crippen MR) is 112 cm³/mol. The predicted octanol–water partition coefficient (Wildman–Crippen LogP) is 2.34. The number of piperidine rings is 1. The van der Waals surface area contributed by atoms with E-state index in [0.717, 1.165) is 44.3 Å². The Balaban J connectivity index is 1.37. The van der Waals surface area contributed by atoms with E-state index in [4.69, 9.17) is 0 Å². The molecule has 1 unspecified atom stereocenters. The molecule has 0 N–H and O–H groups in total. The Labute approximate surface area is 177 Å². The molecule has 8 nitrogen and oxygen atoms in total. The van der Waals surface area contributed by atoms with E-state index in [-0.39, 0.29) is 23.3 Å². The first-order valence-corrected chi connectivity index (χ1v) is 10.9. The van der Waals surface area contributed by atoms with Crippen LogP contribution in [0.5, 0.6) is 0 Å². The van der Waals surface area contributed by atoms with E-state index >= 15 is 0 Å². The second-order valence-corrected chi connectivity index (χ2v) is 8.39. The number of nitrogens with zero attached hydrogens (tertiary/aromatic N) is 6. The number of carbonyl (C=O) groups is 2. The molecule has 0 radical (unpaired) electrons. The Morgan fingerprint density at radius 3 is 2.43 bits per heavy atom. The molecule has 2 fully saturated rings. The summed E-state index contributed by atoms with van der Waals surface area (Å²) in [5, 5.41) is 8.46. The van der Waals surface area contributed by atoms with Gasteiger partial charge in [-0.05, 0) is 62.6 Å². The number of amides is 2. The molecule has 1 saturated carbocycles. The number of likely N-dealkylation sites (tertiary alicyclic amines) is 1. The summed E-state index contributed by atoms with van der Waals surface area (Å²) in [4.78, 5) is 33.0. The smallest absolute Gasteiger partial charge is 0.276 e. The quantitative estimate of drug-likeness (QED) is 0.730. The molecular weight excluding hydrogens is 380 g/mol. The minimum absolute atomic E-state index is 0.0591. The average molecular weight is 411 g/mol. The van der Waals surface area contributed by atoms with Crippen LogP contribution in [0, 0.1) is 5.41 Å². The van der Waals surface area contributed by atoms with Gasteiger partial charge in [0.1, 0.15) is 0 Å². The number of hydrogen-bond donors (Lipinski definition) is 0. The summed E-state index contributed by atoms with van der Waals surface area (Å²) < 4.78 is 1.90. The van der Waals surface area contributed by atoms with Crippen LogP contribution >= 0.6 is 0 Å². The zero-order valence-corrected chi connectivity index (χ0v) is 17.8. The number of hydrogen-bond acceptors (Lipinski definition) is 5. The molecule has 0 bridgehead atoms. The highest BCUT2D eigenvalue weighted by atomic mass is 16.2. The molecule has 4 rings (SSSR count). The van der Waals surface area contributed by atoms with Gasteiger partial charge in [-0.2, -0.15) is 0 Å². The van der Waals surface area contributed by atoms with Gasteiger partial charge in [-0.25, -0.2) is 4.68 Å². The summed E-state index contributed by atoms with van der Waals surface area (Å²) in [7, 11) is 0. The van der Waals surface area contributed by atoms with Crippen molar-refractivity contribution in [2.45, 2.75) is 52.0 Å². The normalized spacial score (nSPS) is 20.1. The molecule has 3 heterocycles. The van der Waals surface area contributed by atoms with Gasteiger partial charge in [0, 0.05) is 38.6 Å². The van der Waals surface area contributed by atoms with Gasteiger partial charge < -0.3 is 9.80 Å². The van der Waals surface area contributed by atoms with Gasteiger partial charge in [-0.3, -0.25) is 14.6 Å². The van der Waals surface area contributed by atoms with E-state index in [1.54, 1.807) is 17.3 Å². The molecule has 160 valence electrons. The van der Waals surface area contributed by atoms with Gasteiger partial charge in [0.15, 0.2) is 5.69 Å². The van der Waals surface area contributed by atoms with Gasteiger partial charge in [0.25, 0.3) is 5.91 Å². The third-order valence-corrected chi connectivity index (χ3v) is 6.94. The van der Waals surface area contributed by atoms with Crippen LogP contribution in [0.25, 0.3) is 0 Å². The van der Waals surface area contributed by atoms with E-state index < -0.39 is 0 Å². The lowest BCUT2D eigenvalue weighted by molar-refractivity contribution is -0.135. The highest BCUT2D eigenvalue weighted by molar-refractivity contribution is 5.91. The topological polar surface area (TPSA) is 84.2 Å². The van der Waals surface area contributed by atoms with Crippen LogP contribution in [0.15, 0.2) is 30.7 Å². The third-order valence-electron chi connectivity index (χ3n) is 6.94. The molecule has 0 aromatic carbocycles. The number of aromatic nitrogens is 4. The zero-order valence-electron chi connectivity index (χ0n) is 17.8. The molecule has 1 aliphatic carbocycles. The maximum absolute atomic E-state index is 12.7. The Morgan fingerprint density at radius 1 is 1.13 bits per heavy atom. The lowest BCUT2D eigenvalue weighted by Crippen LogP contribution is -2.51. The summed E-state index contributed by atoms with van der Waals surface area (Å²) in [5.74, 6) is 0.121. The van der Waals surface area contributed by atoms with Crippen molar-refractivity contribution in [2.75, 3.05) is 26.2 Å². The largest absolute Gasteiger partial charge is 0.342 e. The first kappa shape index (κ1) is 20.5. The minimum Gasteiger partial charge on any atom is -0.342 e. The summed E-state index contributed by atoms with van der Waals surface area (Å²) >= 11 is 0. The molecular formula is C22H30N6O2. The fourth-order valence-corrected chi connectivity index (χ4v) is 4.87. The van der Waals surface area contributed by atoms with Crippen molar-refractivity contribution in [1.82, 2.24) is 29.8 Å². The second-order valence-electron chi connectivity index (χ2n) is 8.39. The first-order chi connectivity index (χ1) is 14.6. The molecule has 1 saturated heterocycles. The molecule has 1 spiro atoms. The fourth-order valence-electron chi connectivity index (χ4n) is 4.87. The van der Waals surface area contributed by atoms with E-state index in [1.165, 1.54) is 0 Å². The van der Waals surface area contributed by atoms with Gasteiger partial charge in [-0.1, -0.05) is 5.21 Å². The van der Waals surface area contributed by atoms with Crippen molar-refractivity contribution >= 4 is 11.8 Å². The third kappa shape index (κ3) is 3.82. The Kier molecular flexibility index (Phi) is 5.83. The Morgan fingerprint density at radius 2 is 1.83 bits per heavy atom. The lowest BCUT2D eigenvalue weighted by Gasteiger charge is -2.53. The average Bonchev–Trinajstić information content (AvgIpc) is 3.23. The van der Waals surface area contributed by atoms with Crippen molar-refractivity contribution in [3.05, 3.63) is 42.0 Å². The standard InChI is InChI=1S/C22H30N6O2/c1-3-26(4-2)21(30)18-16-28(25-24-18)19-5-8-22(19)9-13-27(14-10-22)20(29)15-17-6-11-23-12-7-17/h6-7,11-12,16,19H,3-5,8-10,13-15H2,1-2H3. The molecule has 2 aromatic rings.